The molecule has 1 aromatic carbocycles. The maximum atomic E-state index is 4.69. The van der Waals surface area contributed by atoms with Crippen LogP contribution in [0.5, 0.6) is 0 Å². The summed E-state index contributed by atoms with van der Waals surface area (Å²) in [5.41, 5.74) is 4.37. The van der Waals surface area contributed by atoms with Gasteiger partial charge in [-0.2, -0.15) is 20.1 Å². The summed E-state index contributed by atoms with van der Waals surface area (Å²) in [6.07, 6.45) is 14.0. The molecule has 164 valence electrons. The molecular formula is C24H27N7S. The van der Waals surface area contributed by atoms with Gasteiger partial charge in [-0.1, -0.05) is 42.0 Å². The van der Waals surface area contributed by atoms with E-state index in [2.05, 4.69) is 79.3 Å². The lowest BCUT2D eigenvalue weighted by Gasteiger charge is -2.27. The molecule has 3 aromatic rings. The first-order valence-corrected chi connectivity index (χ1v) is 12.0. The van der Waals surface area contributed by atoms with Crippen molar-refractivity contribution < 1.29 is 0 Å². The van der Waals surface area contributed by atoms with Crippen LogP contribution in [0.15, 0.2) is 59.2 Å². The molecule has 7 nitrogen and oxygen atoms in total. The number of hydrogen-bond donors (Lipinski definition) is 2. The molecule has 1 saturated heterocycles. The van der Waals surface area contributed by atoms with Crippen LogP contribution >= 0.6 is 11.3 Å². The fraction of sp³-hybridized carbons (Fsp3) is 0.333. The van der Waals surface area contributed by atoms with Crippen LogP contribution in [0.1, 0.15) is 37.0 Å². The van der Waals surface area contributed by atoms with Crippen molar-refractivity contribution in [3.63, 3.8) is 0 Å². The van der Waals surface area contributed by atoms with Crippen molar-refractivity contribution in [2.24, 2.45) is 5.10 Å². The molecule has 0 atom stereocenters. The summed E-state index contributed by atoms with van der Waals surface area (Å²) in [7, 11) is 0. The Morgan fingerprint density at radius 1 is 1.06 bits per heavy atom. The van der Waals surface area contributed by atoms with E-state index in [1.807, 2.05) is 6.21 Å². The molecule has 0 unspecified atom stereocenters. The number of rotatable bonds is 7. The van der Waals surface area contributed by atoms with Gasteiger partial charge < -0.3 is 10.2 Å². The smallest absolute Gasteiger partial charge is 0.250 e. The van der Waals surface area contributed by atoms with Gasteiger partial charge in [-0.3, -0.25) is 0 Å². The normalized spacial score (nSPS) is 16.5. The van der Waals surface area contributed by atoms with Gasteiger partial charge >= 0.3 is 0 Å². The molecule has 1 aliphatic heterocycles. The zero-order valence-electron chi connectivity index (χ0n) is 18.0. The molecule has 5 rings (SSSR count). The molecule has 0 amide bonds. The number of anilines is 3. The highest BCUT2D eigenvalue weighted by atomic mass is 32.1. The molecule has 8 heteroatoms. The number of nitrogens with one attached hydrogen (secondary N) is 2. The van der Waals surface area contributed by atoms with Crippen molar-refractivity contribution in [1.29, 1.82) is 0 Å². The summed E-state index contributed by atoms with van der Waals surface area (Å²) in [5.74, 6) is 1.74. The van der Waals surface area contributed by atoms with Crippen LogP contribution in [0.4, 0.5) is 17.8 Å². The zero-order chi connectivity index (χ0) is 21.6. The van der Waals surface area contributed by atoms with Crippen LogP contribution in [0, 0.1) is 0 Å². The van der Waals surface area contributed by atoms with Gasteiger partial charge in [0.25, 0.3) is 0 Å². The number of hydrogen-bond acceptors (Lipinski definition) is 8. The van der Waals surface area contributed by atoms with Crippen molar-refractivity contribution in [3.8, 4) is 0 Å². The molecule has 3 heterocycles. The molecule has 32 heavy (non-hydrogen) atoms. The molecule has 0 bridgehead atoms. The van der Waals surface area contributed by atoms with Gasteiger partial charge in [-0.15, -0.1) is 11.3 Å². The van der Waals surface area contributed by atoms with Gasteiger partial charge in [-0.25, -0.2) is 5.43 Å². The van der Waals surface area contributed by atoms with Crippen molar-refractivity contribution >= 4 is 45.5 Å². The van der Waals surface area contributed by atoms with E-state index < -0.39 is 0 Å². The Balaban J connectivity index is 1.33. The number of piperidine rings is 1. The quantitative estimate of drug-likeness (QED) is 0.384. The minimum atomic E-state index is 0.456. The molecule has 2 N–H and O–H groups in total. The maximum Gasteiger partial charge on any atom is 0.250 e. The molecule has 2 aromatic heterocycles. The maximum absolute atomic E-state index is 4.69. The van der Waals surface area contributed by atoms with Crippen molar-refractivity contribution in [2.45, 2.75) is 32.1 Å². The molecular weight excluding hydrogens is 418 g/mol. The number of benzene rings is 1. The van der Waals surface area contributed by atoms with Gasteiger partial charge in [0, 0.05) is 29.2 Å². The number of fused-ring (bicyclic) bond motifs is 1. The second-order valence-corrected chi connectivity index (χ2v) is 9.15. The van der Waals surface area contributed by atoms with E-state index >= 15 is 0 Å². The third kappa shape index (κ3) is 5.13. The van der Waals surface area contributed by atoms with E-state index in [1.165, 1.54) is 34.9 Å². The predicted octanol–water partition coefficient (Wildman–Crippen LogP) is 5.21. The number of aromatic nitrogens is 3. The molecule has 1 fully saturated rings. The Morgan fingerprint density at radius 2 is 1.94 bits per heavy atom. The third-order valence-corrected chi connectivity index (χ3v) is 6.69. The number of allylic oxidation sites excluding steroid dienone is 3. The first-order valence-electron chi connectivity index (χ1n) is 11.2. The lowest BCUT2D eigenvalue weighted by atomic mass is 10.1. The highest BCUT2D eigenvalue weighted by molar-refractivity contribution is 7.20. The lowest BCUT2D eigenvalue weighted by molar-refractivity contribution is 0.568. The Bertz CT molecular complexity index is 1130. The standard InChI is InChI=1S/C24H27N7S/c1-3-9-18(10-4-1)16-25-22-27-23(29-24(28-22)31-13-7-2-8-14-31)30-26-17-20-15-19-11-5-6-12-21(19)32-20/h1,3,5-6,9,11-12,15,17H,2,4,7-8,10,13-14,16H2,(H2,25,27,28,29,30)/b26-17+. The van der Waals surface area contributed by atoms with E-state index in [0.717, 1.165) is 37.4 Å². The van der Waals surface area contributed by atoms with Gasteiger partial charge in [0.1, 0.15) is 0 Å². The second kappa shape index (κ2) is 9.91. The number of thiophene rings is 1. The summed E-state index contributed by atoms with van der Waals surface area (Å²) in [4.78, 5) is 17.2. The Kier molecular flexibility index (Phi) is 6.39. The number of nitrogens with zero attached hydrogens (tertiary/aromatic N) is 5. The fourth-order valence-electron chi connectivity index (χ4n) is 3.94. The van der Waals surface area contributed by atoms with E-state index in [9.17, 15) is 0 Å². The van der Waals surface area contributed by atoms with E-state index in [4.69, 9.17) is 4.98 Å². The number of hydrazone groups is 1. The van der Waals surface area contributed by atoms with Crippen LogP contribution in [0.25, 0.3) is 10.1 Å². The average molecular weight is 446 g/mol. The van der Waals surface area contributed by atoms with Crippen LogP contribution in [0.3, 0.4) is 0 Å². The lowest BCUT2D eigenvalue weighted by Crippen LogP contribution is -2.31. The minimum absolute atomic E-state index is 0.456. The van der Waals surface area contributed by atoms with Gasteiger partial charge in [0.2, 0.25) is 17.8 Å². The summed E-state index contributed by atoms with van der Waals surface area (Å²) in [6.45, 7) is 2.69. The van der Waals surface area contributed by atoms with E-state index in [0.29, 0.717) is 17.8 Å². The third-order valence-electron chi connectivity index (χ3n) is 5.64. The minimum Gasteiger partial charge on any atom is -0.350 e. The Hall–Kier alpha value is -3.26. The summed E-state index contributed by atoms with van der Waals surface area (Å²) in [6, 6.07) is 10.5. The first-order chi connectivity index (χ1) is 15.8. The van der Waals surface area contributed by atoms with Crippen LogP contribution < -0.4 is 15.6 Å². The van der Waals surface area contributed by atoms with Gasteiger partial charge in [0.15, 0.2) is 0 Å². The summed E-state index contributed by atoms with van der Waals surface area (Å²) < 4.78 is 1.25. The monoisotopic (exact) mass is 445 g/mol. The highest BCUT2D eigenvalue weighted by Crippen LogP contribution is 2.24. The molecule has 0 radical (unpaired) electrons. The fourth-order valence-corrected chi connectivity index (χ4v) is 4.88. The van der Waals surface area contributed by atoms with Crippen LogP contribution in [0.2, 0.25) is 0 Å². The van der Waals surface area contributed by atoms with Gasteiger partial charge in [-0.05, 0) is 49.6 Å². The SMILES string of the molecule is C1=CCCC(CNc2nc(N/N=C/c3cc4ccccc4s3)nc(N3CCCCC3)n2)=C1. The Labute approximate surface area is 192 Å². The summed E-state index contributed by atoms with van der Waals surface area (Å²) in [5, 5.41) is 9.01. The second-order valence-electron chi connectivity index (χ2n) is 8.03. The summed E-state index contributed by atoms with van der Waals surface area (Å²) >= 11 is 1.71. The first kappa shape index (κ1) is 20.6. The largest absolute Gasteiger partial charge is 0.350 e. The van der Waals surface area contributed by atoms with Crippen LogP contribution in [-0.4, -0.2) is 40.8 Å². The topological polar surface area (TPSA) is 78.3 Å². The average Bonchev–Trinajstić information content (AvgIpc) is 3.27. The van der Waals surface area contributed by atoms with E-state index in [-0.39, 0.29) is 0 Å². The van der Waals surface area contributed by atoms with Crippen LogP contribution in [-0.2, 0) is 0 Å². The van der Waals surface area contributed by atoms with Crippen molar-refractivity contribution in [3.05, 3.63) is 59.0 Å². The zero-order valence-corrected chi connectivity index (χ0v) is 18.8. The molecule has 2 aliphatic rings. The molecule has 1 aliphatic carbocycles. The van der Waals surface area contributed by atoms with E-state index in [1.54, 1.807) is 11.3 Å². The molecule has 0 saturated carbocycles. The highest BCUT2D eigenvalue weighted by Gasteiger charge is 2.16. The Morgan fingerprint density at radius 3 is 2.78 bits per heavy atom. The molecule has 0 spiro atoms. The predicted molar refractivity (Wildman–Crippen MR) is 134 cm³/mol. The van der Waals surface area contributed by atoms with Crippen molar-refractivity contribution in [2.75, 3.05) is 35.3 Å². The van der Waals surface area contributed by atoms with Gasteiger partial charge in [0.05, 0.1) is 6.21 Å². The van der Waals surface area contributed by atoms with Crippen molar-refractivity contribution in [1.82, 2.24) is 15.0 Å².